The molecule has 34 heavy (non-hydrogen) atoms. The molecule has 10 heteroatoms. The summed E-state index contributed by atoms with van der Waals surface area (Å²) in [6.07, 6.45) is 1.08. The van der Waals surface area contributed by atoms with Gasteiger partial charge in [-0.15, -0.1) is 0 Å². The van der Waals surface area contributed by atoms with Crippen molar-refractivity contribution in [2.24, 2.45) is 7.05 Å². The van der Waals surface area contributed by atoms with Crippen molar-refractivity contribution >= 4 is 33.0 Å². The molecule has 0 aliphatic heterocycles. The molecule has 1 N–H and O–H groups in total. The molecule has 0 saturated carbocycles. The van der Waals surface area contributed by atoms with Gasteiger partial charge >= 0.3 is 0 Å². The Morgan fingerprint density at radius 2 is 1.76 bits per heavy atom. The maximum Gasteiger partial charge on any atom is 0.223 e. The molecule has 1 aromatic heterocycles. The number of carbonyl (C=O) groups excluding carboxylic acids is 2. The van der Waals surface area contributed by atoms with Crippen molar-refractivity contribution in [1.29, 1.82) is 0 Å². The van der Waals surface area contributed by atoms with E-state index >= 15 is 0 Å². The summed E-state index contributed by atoms with van der Waals surface area (Å²) in [5.74, 6) is -0.601. The summed E-state index contributed by atoms with van der Waals surface area (Å²) in [5, 5.41) is 7.19. The smallest absolute Gasteiger partial charge is 0.223 e. The summed E-state index contributed by atoms with van der Waals surface area (Å²) >= 11 is 6.53. The fourth-order valence-electron chi connectivity index (χ4n) is 3.62. The van der Waals surface area contributed by atoms with Crippen LogP contribution in [0.15, 0.2) is 41.3 Å². The topological polar surface area (TPSA) is 107 Å². The van der Waals surface area contributed by atoms with E-state index in [-0.39, 0.29) is 45.9 Å². The summed E-state index contributed by atoms with van der Waals surface area (Å²) in [5.41, 5.74) is 2.49. The van der Waals surface area contributed by atoms with Crippen LogP contribution in [0.4, 0.5) is 0 Å². The zero-order valence-corrected chi connectivity index (χ0v) is 21.2. The number of carbonyl (C=O) groups is 2. The lowest BCUT2D eigenvalue weighted by molar-refractivity contribution is 0.0908. The Labute approximate surface area is 203 Å². The molecule has 0 aliphatic carbocycles. The van der Waals surface area contributed by atoms with Crippen molar-refractivity contribution in [2.45, 2.75) is 25.3 Å². The first-order valence-corrected chi connectivity index (χ1v) is 12.7. The minimum atomic E-state index is -3.56. The van der Waals surface area contributed by atoms with Crippen LogP contribution in [0, 0.1) is 13.8 Å². The lowest BCUT2D eigenvalue weighted by atomic mass is 10.0. The van der Waals surface area contributed by atoms with E-state index in [1.54, 1.807) is 33.2 Å². The van der Waals surface area contributed by atoms with Gasteiger partial charge in [0.15, 0.2) is 22.2 Å². The monoisotopic (exact) mass is 503 g/mol. The molecular weight excluding hydrogens is 478 g/mol. The quantitative estimate of drug-likeness (QED) is 0.446. The van der Waals surface area contributed by atoms with Gasteiger partial charge in [-0.1, -0.05) is 41.4 Å². The van der Waals surface area contributed by atoms with Crippen molar-refractivity contribution in [1.82, 2.24) is 15.1 Å². The number of nitrogens with one attached hydrogen (secondary N) is 1. The number of ketones is 2. The number of rotatable bonds is 9. The number of aromatic nitrogens is 2. The molecule has 0 bridgehead atoms. The number of Topliss-reactive ketones (excluding diaryl/α,β-unsaturated/α-hetero) is 1. The van der Waals surface area contributed by atoms with Crippen LogP contribution in [-0.4, -0.2) is 49.7 Å². The summed E-state index contributed by atoms with van der Waals surface area (Å²) in [6, 6.07) is 9.85. The highest BCUT2D eigenvalue weighted by atomic mass is 35.5. The summed E-state index contributed by atoms with van der Waals surface area (Å²) < 4.78 is 31.5. The van der Waals surface area contributed by atoms with Gasteiger partial charge in [-0.3, -0.25) is 9.59 Å². The molecule has 0 radical (unpaired) electrons. The molecule has 1 heterocycles. The highest BCUT2D eigenvalue weighted by molar-refractivity contribution is 7.90. The highest BCUT2D eigenvalue weighted by Crippen LogP contribution is 2.32. The Morgan fingerprint density at radius 3 is 2.35 bits per heavy atom. The van der Waals surface area contributed by atoms with Crippen LogP contribution in [-0.2, 0) is 23.4 Å². The second kappa shape index (κ2) is 10.1. The molecule has 0 aliphatic rings. The zero-order chi connectivity index (χ0) is 25.2. The van der Waals surface area contributed by atoms with Crippen LogP contribution in [0.5, 0.6) is 5.88 Å². The third kappa shape index (κ3) is 5.22. The van der Waals surface area contributed by atoms with E-state index in [0.717, 1.165) is 11.8 Å². The predicted octanol–water partition coefficient (Wildman–Crippen LogP) is 3.31. The average Bonchev–Trinajstić information content (AvgIpc) is 3.05. The maximum atomic E-state index is 13.5. The SMILES string of the molecule is CNCc1c(S(C)(=O)=O)ccc(C(=O)c2c(C)nn(C)c2OCC(=O)c2ccc(C)cc2)c1Cl. The number of hydrogen-bond donors (Lipinski definition) is 1. The van der Waals surface area contributed by atoms with E-state index < -0.39 is 15.6 Å². The number of hydrogen-bond acceptors (Lipinski definition) is 7. The predicted molar refractivity (Wildman–Crippen MR) is 130 cm³/mol. The first kappa shape index (κ1) is 25.6. The van der Waals surface area contributed by atoms with Gasteiger partial charge in [0.1, 0.15) is 5.56 Å². The number of ether oxygens (including phenoxy) is 1. The average molecular weight is 504 g/mol. The molecule has 3 rings (SSSR count). The van der Waals surface area contributed by atoms with Crippen molar-refractivity contribution in [3.63, 3.8) is 0 Å². The largest absolute Gasteiger partial charge is 0.469 e. The molecule has 0 atom stereocenters. The minimum Gasteiger partial charge on any atom is -0.469 e. The standard InChI is InChI=1S/C24H26ClN3O5S/c1-14-6-8-16(9-7-14)19(29)13-33-24-21(15(2)27-28(24)4)23(30)17-10-11-20(34(5,31)32)18(12-26-3)22(17)25/h6-11,26H,12-13H2,1-5H3. The van der Waals surface area contributed by atoms with Gasteiger partial charge in [-0.2, -0.15) is 5.10 Å². The van der Waals surface area contributed by atoms with Gasteiger partial charge < -0.3 is 10.1 Å². The van der Waals surface area contributed by atoms with Gasteiger partial charge in [0.25, 0.3) is 0 Å². The Morgan fingerprint density at radius 1 is 1.12 bits per heavy atom. The van der Waals surface area contributed by atoms with Crippen LogP contribution in [0.1, 0.15) is 43.1 Å². The molecule has 3 aromatic rings. The van der Waals surface area contributed by atoms with E-state index in [0.29, 0.717) is 16.8 Å². The molecule has 8 nitrogen and oxygen atoms in total. The first-order chi connectivity index (χ1) is 16.0. The van der Waals surface area contributed by atoms with Gasteiger partial charge in [0.2, 0.25) is 11.7 Å². The van der Waals surface area contributed by atoms with Gasteiger partial charge in [0.05, 0.1) is 15.6 Å². The number of aryl methyl sites for hydroxylation is 3. The van der Waals surface area contributed by atoms with E-state index in [1.165, 1.54) is 16.8 Å². The Balaban J connectivity index is 1.98. The maximum absolute atomic E-state index is 13.5. The normalized spacial score (nSPS) is 11.5. The Hall–Kier alpha value is -3.01. The molecular formula is C24H26ClN3O5S. The van der Waals surface area contributed by atoms with Crippen molar-refractivity contribution in [2.75, 3.05) is 19.9 Å². The Bertz CT molecular complexity index is 1360. The first-order valence-electron chi connectivity index (χ1n) is 10.4. The van der Waals surface area contributed by atoms with Crippen LogP contribution in [0.3, 0.4) is 0 Å². The van der Waals surface area contributed by atoms with Gasteiger partial charge in [-0.25, -0.2) is 13.1 Å². The number of sulfone groups is 1. The third-order valence-corrected chi connectivity index (χ3v) is 6.92. The van der Waals surface area contributed by atoms with Gasteiger partial charge in [-0.05, 0) is 33.0 Å². The lowest BCUT2D eigenvalue weighted by Crippen LogP contribution is -2.16. The van der Waals surface area contributed by atoms with E-state index in [4.69, 9.17) is 16.3 Å². The summed E-state index contributed by atoms with van der Waals surface area (Å²) in [4.78, 5) is 26.1. The van der Waals surface area contributed by atoms with Crippen LogP contribution < -0.4 is 10.1 Å². The van der Waals surface area contributed by atoms with E-state index in [2.05, 4.69) is 10.4 Å². The molecule has 0 amide bonds. The van der Waals surface area contributed by atoms with E-state index in [1.807, 2.05) is 19.1 Å². The third-order valence-electron chi connectivity index (χ3n) is 5.31. The Kier molecular flexibility index (Phi) is 7.60. The zero-order valence-electron chi connectivity index (χ0n) is 19.6. The lowest BCUT2D eigenvalue weighted by Gasteiger charge is -2.14. The van der Waals surface area contributed by atoms with Crippen molar-refractivity contribution in [3.8, 4) is 5.88 Å². The number of benzene rings is 2. The molecule has 2 aromatic carbocycles. The van der Waals surface area contributed by atoms with Crippen LogP contribution in [0.25, 0.3) is 0 Å². The van der Waals surface area contributed by atoms with Crippen LogP contribution in [0.2, 0.25) is 5.02 Å². The number of halogens is 1. The molecule has 180 valence electrons. The molecule has 0 unspecified atom stereocenters. The summed E-state index contributed by atoms with van der Waals surface area (Å²) in [6.45, 7) is 3.45. The summed E-state index contributed by atoms with van der Waals surface area (Å²) in [7, 11) is -0.300. The molecule has 0 saturated heterocycles. The number of nitrogens with zero attached hydrogens (tertiary/aromatic N) is 2. The molecule has 0 spiro atoms. The fraction of sp³-hybridized carbons (Fsp3) is 0.292. The van der Waals surface area contributed by atoms with Gasteiger partial charge in [0, 0.05) is 36.5 Å². The minimum absolute atomic E-state index is 0.0345. The van der Waals surface area contributed by atoms with E-state index in [9.17, 15) is 18.0 Å². The second-order valence-electron chi connectivity index (χ2n) is 8.00. The second-order valence-corrected chi connectivity index (χ2v) is 10.4. The fourth-order valence-corrected chi connectivity index (χ4v) is 4.93. The van der Waals surface area contributed by atoms with Crippen molar-refractivity contribution < 1.29 is 22.7 Å². The van der Waals surface area contributed by atoms with Crippen molar-refractivity contribution in [3.05, 3.63) is 74.9 Å². The van der Waals surface area contributed by atoms with Crippen LogP contribution >= 0.6 is 11.6 Å². The highest BCUT2D eigenvalue weighted by Gasteiger charge is 2.28. The molecule has 0 fully saturated rings.